The summed E-state index contributed by atoms with van der Waals surface area (Å²) in [6.07, 6.45) is 0. The lowest BCUT2D eigenvalue weighted by molar-refractivity contribution is 1.33. The van der Waals surface area contributed by atoms with Crippen LogP contribution in [-0.2, 0) is 0 Å². The molecule has 0 aliphatic rings. The first-order chi connectivity index (χ1) is 11.0. The first-order valence-corrected chi connectivity index (χ1v) is 8.14. The van der Waals surface area contributed by atoms with Gasteiger partial charge in [-0.05, 0) is 42.5 Å². The molecule has 3 rings (SSSR count). The molecule has 0 amide bonds. The minimum absolute atomic E-state index is 0.389. The maximum absolute atomic E-state index is 6.33. The van der Waals surface area contributed by atoms with E-state index in [-0.39, 0.29) is 0 Å². The molecule has 116 valence electrons. The summed E-state index contributed by atoms with van der Waals surface area (Å²) in [4.78, 5) is 4.43. The van der Waals surface area contributed by atoms with Crippen molar-refractivity contribution in [2.75, 3.05) is 5.73 Å². The highest BCUT2D eigenvalue weighted by molar-refractivity contribution is 6.37. The Morgan fingerprint density at radius 3 is 1.74 bits per heavy atom. The highest BCUT2D eigenvalue weighted by Crippen LogP contribution is 2.39. The van der Waals surface area contributed by atoms with Gasteiger partial charge in [-0.25, -0.2) is 4.98 Å². The maximum atomic E-state index is 6.33. The Hall–Kier alpha value is -1.45. The predicted molar refractivity (Wildman–Crippen MR) is 99.6 cm³/mol. The second-order valence-corrected chi connectivity index (χ2v) is 6.57. The second-order valence-electron chi connectivity index (χ2n) is 4.88. The van der Waals surface area contributed by atoms with Gasteiger partial charge in [-0.3, -0.25) is 0 Å². The van der Waals surface area contributed by atoms with Gasteiger partial charge in [-0.15, -0.1) is 0 Å². The van der Waals surface area contributed by atoms with E-state index in [9.17, 15) is 0 Å². The number of aromatic nitrogens is 1. The Kier molecular flexibility index (Phi) is 4.69. The molecule has 3 aromatic rings. The zero-order valence-electron chi connectivity index (χ0n) is 11.7. The van der Waals surface area contributed by atoms with Crippen molar-refractivity contribution in [2.45, 2.75) is 0 Å². The van der Waals surface area contributed by atoms with Crippen molar-refractivity contribution in [2.24, 2.45) is 0 Å². The molecule has 0 bridgehead atoms. The van der Waals surface area contributed by atoms with Crippen LogP contribution in [0.3, 0.4) is 0 Å². The number of benzene rings is 2. The van der Waals surface area contributed by atoms with E-state index < -0.39 is 0 Å². The van der Waals surface area contributed by atoms with E-state index in [1.165, 1.54) is 0 Å². The molecule has 1 aromatic heterocycles. The van der Waals surface area contributed by atoms with Crippen molar-refractivity contribution < 1.29 is 0 Å². The van der Waals surface area contributed by atoms with Crippen molar-refractivity contribution in [3.63, 3.8) is 0 Å². The molecular weight excluding hydrogens is 374 g/mol. The van der Waals surface area contributed by atoms with Crippen LogP contribution in [0.2, 0.25) is 20.1 Å². The molecule has 0 saturated heterocycles. The van der Waals surface area contributed by atoms with Crippen LogP contribution in [0.1, 0.15) is 0 Å². The quantitative estimate of drug-likeness (QED) is 0.540. The molecule has 1 heterocycles. The summed E-state index contributed by atoms with van der Waals surface area (Å²) in [6.45, 7) is 0. The summed E-state index contributed by atoms with van der Waals surface area (Å²) >= 11 is 24.6. The minimum atomic E-state index is 0.389. The van der Waals surface area contributed by atoms with Crippen LogP contribution in [0.25, 0.3) is 22.4 Å². The van der Waals surface area contributed by atoms with Crippen LogP contribution in [0.4, 0.5) is 5.82 Å². The zero-order valence-corrected chi connectivity index (χ0v) is 14.7. The van der Waals surface area contributed by atoms with E-state index in [0.717, 1.165) is 16.7 Å². The average Bonchev–Trinajstić information content (AvgIpc) is 2.48. The molecule has 0 fully saturated rings. The number of rotatable bonds is 2. The lowest BCUT2D eigenvalue weighted by atomic mass is 9.99. The van der Waals surface area contributed by atoms with Gasteiger partial charge in [0, 0.05) is 31.8 Å². The van der Waals surface area contributed by atoms with Crippen molar-refractivity contribution >= 4 is 52.2 Å². The third-order valence-corrected chi connectivity index (χ3v) is 4.42. The topological polar surface area (TPSA) is 38.9 Å². The molecule has 0 aliphatic carbocycles. The van der Waals surface area contributed by atoms with Crippen LogP contribution >= 0.6 is 46.4 Å². The van der Waals surface area contributed by atoms with Gasteiger partial charge in [0.25, 0.3) is 0 Å². The summed E-state index contributed by atoms with van der Waals surface area (Å²) in [5.74, 6) is 0.389. The van der Waals surface area contributed by atoms with E-state index in [1.807, 2.05) is 12.1 Å². The van der Waals surface area contributed by atoms with Crippen LogP contribution in [0.5, 0.6) is 0 Å². The number of hydrogen-bond donors (Lipinski definition) is 1. The van der Waals surface area contributed by atoms with E-state index in [2.05, 4.69) is 4.98 Å². The van der Waals surface area contributed by atoms with Crippen molar-refractivity contribution in [1.29, 1.82) is 0 Å². The molecule has 23 heavy (non-hydrogen) atoms. The van der Waals surface area contributed by atoms with Crippen molar-refractivity contribution in [3.05, 3.63) is 68.6 Å². The molecule has 0 unspecified atom stereocenters. The summed E-state index contributed by atoms with van der Waals surface area (Å²) < 4.78 is 0. The molecule has 2 N–H and O–H groups in total. The minimum Gasteiger partial charge on any atom is -0.384 e. The van der Waals surface area contributed by atoms with Crippen molar-refractivity contribution in [1.82, 2.24) is 4.98 Å². The summed E-state index contributed by atoms with van der Waals surface area (Å²) in [5, 5.41) is 2.12. The first kappa shape index (κ1) is 16.4. The Balaban J connectivity index is 2.27. The van der Waals surface area contributed by atoms with E-state index in [1.54, 1.807) is 36.4 Å². The number of hydrogen-bond acceptors (Lipinski definition) is 2. The van der Waals surface area contributed by atoms with Gasteiger partial charge >= 0.3 is 0 Å². The SMILES string of the molecule is Nc1ccc(-c2ccc(Cl)cc2Cl)c(-c2ccc(Cl)cc2Cl)n1. The smallest absolute Gasteiger partial charge is 0.124 e. The number of nitrogens with zero attached hydrogens (tertiary/aromatic N) is 1. The third kappa shape index (κ3) is 3.41. The van der Waals surface area contributed by atoms with Gasteiger partial charge in [-0.2, -0.15) is 0 Å². The van der Waals surface area contributed by atoms with Crippen LogP contribution in [0, 0.1) is 0 Å². The van der Waals surface area contributed by atoms with Gasteiger partial charge in [0.2, 0.25) is 0 Å². The molecular formula is C17H10Cl4N2. The van der Waals surface area contributed by atoms with Gasteiger partial charge in [0.05, 0.1) is 10.7 Å². The molecule has 0 spiro atoms. The second kappa shape index (κ2) is 6.58. The van der Waals surface area contributed by atoms with E-state index >= 15 is 0 Å². The molecule has 0 aliphatic heterocycles. The fraction of sp³-hybridized carbons (Fsp3) is 0. The zero-order chi connectivity index (χ0) is 16.6. The molecule has 0 saturated carbocycles. The summed E-state index contributed by atoms with van der Waals surface area (Å²) in [5.41, 5.74) is 8.82. The Labute approximate surface area is 153 Å². The third-order valence-electron chi connectivity index (χ3n) is 3.32. The Morgan fingerprint density at radius 2 is 1.17 bits per heavy atom. The number of nitrogens with two attached hydrogens (primary N) is 1. The summed E-state index contributed by atoms with van der Waals surface area (Å²) in [7, 11) is 0. The Bertz CT molecular complexity index is 894. The largest absolute Gasteiger partial charge is 0.384 e. The monoisotopic (exact) mass is 382 g/mol. The first-order valence-electron chi connectivity index (χ1n) is 6.63. The number of halogens is 4. The van der Waals surface area contributed by atoms with Gasteiger partial charge in [0.15, 0.2) is 0 Å². The molecule has 2 nitrogen and oxygen atoms in total. The van der Waals surface area contributed by atoms with Crippen LogP contribution < -0.4 is 5.73 Å². The van der Waals surface area contributed by atoms with Gasteiger partial charge in [0.1, 0.15) is 5.82 Å². The van der Waals surface area contributed by atoms with Gasteiger partial charge in [-0.1, -0.05) is 52.5 Å². The molecule has 0 radical (unpaired) electrons. The van der Waals surface area contributed by atoms with E-state index in [0.29, 0.717) is 31.6 Å². The fourth-order valence-corrected chi connectivity index (χ4v) is 3.29. The van der Waals surface area contributed by atoms with Crippen LogP contribution in [0.15, 0.2) is 48.5 Å². The molecule has 0 atom stereocenters. The van der Waals surface area contributed by atoms with E-state index in [4.69, 9.17) is 52.1 Å². The standard InChI is InChI=1S/C17H10Cl4N2/c18-9-1-3-11(14(20)7-9)12-5-6-16(22)23-17(12)13-4-2-10(19)8-15(13)21/h1-8H,(H2,22,23). The van der Waals surface area contributed by atoms with Crippen molar-refractivity contribution in [3.8, 4) is 22.4 Å². The number of pyridine rings is 1. The Morgan fingerprint density at radius 1 is 0.652 bits per heavy atom. The fourth-order valence-electron chi connectivity index (χ4n) is 2.29. The lowest BCUT2D eigenvalue weighted by Gasteiger charge is -2.13. The normalized spacial score (nSPS) is 10.8. The molecule has 6 heteroatoms. The maximum Gasteiger partial charge on any atom is 0.124 e. The van der Waals surface area contributed by atoms with Crippen LogP contribution in [-0.4, -0.2) is 4.98 Å². The highest BCUT2D eigenvalue weighted by Gasteiger charge is 2.15. The van der Waals surface area contributed by atoms with Gasteiger partial charge < -0.3 is 5.73 Å². The average molecular weight is 384 g/mol. The number of nitrogen functional groups attached to an aromatic ring is 1. The molecule has 2 aromatic carbocycles. The predicted octanol–water partition coefficient (Wildman–Crippen LogP) is 6.61. The lowest BCUT2D eigenvalue weighted by Crippen LogP contribution is -1.96. The summed E-state index contributed by atoms with van der Waals surface area (Å²) in [6, 6.07) is 14.1. The highest BCUT2D eigenvalue weighted by atomic mass is 35.5. The number of anilines is 1.